The molecule has 0 fully saturated rings. The number of likely N-dealkylation sites (N-methyl/N-ethyl adjacent to an activating group) is 1. The van der Waals surface area contributed by atoms with E-state index in [2.05, 4.69) is 36.0 Å². The number of hydrogen-bond acceptors (Lipinski definition) is 5. The van der Waals surface area contributed by atoms with E-state index in [0.29, 0.717) is 12.5 Å². The SMILES string of the molecule is CCc1nnc(N(CC)CCN)nc1CC. The fraction of sp³-hybridized carbons (Fsp3) is 0.727. The highest BCUT2D eigenvalue weighted by atomic mass is 15.3. The van der Waals surface area contributed by atoms with E-state index < -0.39 is 0 Å². The monoisotopic (exact) mass is 223 g/mol. The van der Waals surface area contributed by atoms with Crippen molar-refractivity contribution in [1.29, 1.82) is 0 Å². The Morgan fingerprint density at radius 1 is 1.06 bits per heavy atom. The average molecular weight is 223 g/mol. The molecule has 0 saturated carbocycles. The minimum Gasteiger partial charge on any atom is -0.339 e. The van der Waals surface area contributed by atoms with E-state index in [0.717, 1.165) is 37.3 Å². The third kappa shape index (κ3) is 2.88. The summed E-state index contributed by atoms with van der Waals surface area (Å²) < 4.78 is 0. The second kappa shape index (κ2) is 6.37. The van der Waals surface area contributed by atoms with Crippen molar-refractivity contribution < 1.29 is 0 Å². The molecule has 0 atom stereocenters. The Hall–Kier alpha value is -1.23. The van der Waals surface area contributed by atoms with E-state index in [4.69, 9.17) is 5.73 Å². The quantitative estimate of drug-likeness (QED) is 0.772. The minimum atomic E-state index is 0.605. The van der Waals surface area contributed by atoms with Gasteiger partial charge in [-0.3, -0.25) is 0 Å². The molecular formula is C11H21N5. The van der Waals surface area contributed by atoms with Gasteiger partial charge >= 0.3 is 0 Å². The van der Waals surface area contributed by atoms with Crippen LogP contribution in [0.3, 0.4) is 0 Å². The number of nitrogens with two attached hydrogens (primary N) is 1. The van der Waals surface area contributed by atoms with Gasteiger partial charge in [0.15, 0.2) is 0 Å². The second-order valence-corrected chi connectivity index (χ2v) is 3.58. The largest absolute Gasteiger partial charge is 0.339 e. The Balaban J connectivity index is 2.96. The van der Waals surface area contributed by atoms with Crippen LogP contribution in [0.2, 0.25) is 0 Å². The molecule has 0 amide bonds. The van der Waals surface area contributed by atoms with Gasteiger partial charge in [0.2, 0.25) is 5.95 Å². The first-order chi connectivity index (χ1) is 7.76. The summed E-state index contributed by atoms with van der Waals surface area (Å²) >= 11 is 0. The van der Waals surface area contributed by atoms with Crippen LogP contribution in [-0.4, -0.2) is 34.8 Å². The van der Waals surface area contributed by atoms with Crippen molar-refractivity contribution in [3.8, 4) is 0 Å². The van der Waals surface area contributed by atoms with Gasteiger partial charge in [-0.25, -0.2) is 4.98 Å². The lowest BCUT2D eigenvalue weighted by Gasteiger charge is -2.19. The number of anilines is 1. The van der Waals surface area contributed by atoms with E-state index in [1.807, 2.05) is 4.90 Å². The first-order valence-electron chi connectivity index (χ1n) is 5.94. The van der Waals surface area contributed by atoms with Gasteiger partial charge in [-0.1, -0.05) is 13.8 Å². The molecule has 0 radical (unpaired) electrons. The maximum atomic E-state index is 5.55. The number of hydrogen-bond donors (Lipinski definition) is 1. The van der Waals surface area contributed by atoms with Crippen LogP contribution in [0.5, 0.6) is 0 Å². The molecule has 90 valence electrons. The normalized spacial score (nSPS) is 10.5. The van der Waals surface area contributed by atoms with Gasteiger partial charge in [0.05, 0.1) is 11.4 Å². The zero-order chi connectivity index (χ0) is 12.0. The molecule has 5 nitrogen and oxygen atoms in total. The Kier molecular flexibility index (Phi) is 5.11. The van der Waals surface area contributed by atoms with E-state index in [1.165, 1.54) is 0 Å². The van der Waals surface area contributed by atoms with Crippen LogP contribution >= 0.6 is 0 Å². The summed E-state index contributed by atoms with van der Waals surface area (Å²) in [6.07, 6.45) is 1.78. The van der Waals surface area contributed by atoms with Crippen LogP contribution in [0, 0.1) is 0 Å². The van der Waals surface area contributed by atoms with Gasteiger partial charge < -0.3 is 10.6 Å². The molecule has 1 heterocycles. The highest BCUT2D eigenvalue weighted by Crippen LogP contribution is 2.10. The van der Waals surface area contributed by atoms with Gasteiger partial charge in [-0.05, 0) is 19.8 Å². The number of rotatable bonds is 6. The van der Waals surface area contributed by atoms with Gasteiger partial charge in [0, 0.05) is 19.6 Å². The Bertz CT molecular complexity index is 326. The number of nitrogens with zero attached hydrogens (tertiary/aromatic N) is 4. The lowest BCUT2D eigenvalue weighted by atomic mass is 10.2. The Morgan fingerprint density at radius 2 is 1.75 bits per heavy atom. The van der Waals surface area contributed by atoms with Crippen LogP contribution in [0.4, 0.5) is 5.95 Å². The zero-order valence-corrected chi connectivity index (χ0v) is 10.4. The molecule has 0 bridgehead atoms. The molecular weight excluding hydrogens is 202 g/mol. The van der Waals surface area contributed by atoms with Crippen LogP contribution in [0.1, 0.15) is 32.2 Å². The molecule has 0 aliphatic rings. The Labute approximate surface area is 97.1 Å². The Morgan fingerprint density at radius 3 is 2.25 bits per heavy atom. The van der Waals surface area contributed by atoms with E-state index in [-0.39, 0.29) is 0 Å². The summed E-state index contributed by atoms with van der Waals surface area (Å²) in [5, 5.41) is 8.38. The maximum Gasteiger partial charge on any atom is 0.245 e. The van der Waals surface area contributed by atoms with Crippen molar-refractivity contribution in [1.82, 2.24) is 15.2 Å². The highest BCUT2D eigenvalue weighted by Gasteiger charge is 2.10. The van der Waals surface area contributed by atoms with Crippen molar-refractivity contribution in [2.45, 2.75) is 33.6 Å². The van der Waals surface area contributed by atoms with E-state index in [1.54, 1.807) is 0 Å². The van der Waals surface area contributed by atoms with Gasteiger partial charge in [-0.15, -0.1) is 5.10 Å². The molecule has 5 heteroatoms. The summed E-state index contributed by atoms with van der Waals surface area (Å²) in [7, 11) is 0. The standard InChI is InChI=1S/C11H21N5/c1-4-9-10(5-2)14-15-11(13-9)16(6-3)8-7-12/h4-8,12H2,1-3H3. The molecule has 0 aromatic carbocycles. The predicted octanol–water partition coefficient (Wildman–Crippen LogP) is 0.781. The molecule has 0 aliphatic heterocycles. The van der Waals surface area contributed by atoms with Crippen LogP contribution in [0.15, 0.2) is 0 Å². The zero-order valence-electron chi connectivity index (χ0n) is 10.4. The second-order valence-electron chi connectivity index (χ2n) is 3.58. The van der Waals surface area contributed by atoms with Crippen molar-refractivity contribution >= 4 is 5.95 Å². The molecule has 0 aliphatic carbocycles. The topological polar surface area (TPSA) is 67.9 Å². The lowest BCUT2D eigenvalue weighted by Crippen LogP contribution is -2.31. The van der Waals surface area contributed by atoms with Crippen LogP contribution < -0.4 is 10.6 Å². The van der Waals surface area contributed by atoms with Gasteiger partial charge in [0.25, 0.3) is 0 Å². The number of aryl methyl sites for hydroxylation is 2. The fourth-order valence-electron chi connectivity index (χ4n) is 1.62. The number of aromatic nitrogens is 3. The average Bonchev–Trinajstić information content (AvgIpc) is 2.35. The summed E-state index contributed by atoms with van der Waals surface area (Å²) in [5.41, 5.74) is 7.59. The molecule has 1 aromatic rings. The fourth-order valence-corrected chi connectivity index (χ4v) is 1.62. The molecule has 2 N–H and O–H groups in total. The summed E-state index contributed by atoms with van der Waals surface area (Å²) in [5.74, 6) is 0.696. The van der Waals surface area contributed by atoms with Crippen molar-refractivity contribution in [2.24, 2.45) is 5.73 Å². The van der Waals surface area contributed by atoms with Crippen molar-refractivity contribution in [3.05, 3.63) is 11.4 Å². The predicted molar refractivity (Wildman–Crippen MR) is 65.5 cm³/mol. The summed E-state index contributed by atoms with van der Waals surface area (Å²) in [6.45, 7) is 8.46. The first kappa shape index (κ1) is 12.8. The molecule has 0 spiro atoms. The summed E-state index contributed by atoms with van der Waals surface area (Å²) in [4.78, 5) is 6.60. The first-order valence-corrected chi connectivity index (χ1v) is 5.94. The third-order valence-electron chi connectivity index (χ3n) is 2.56. The van der Waals surface area contributed by atoms with Gasteiger partial charge in [-0.2, -0.15) is 5.10 Å². The molecule has 0 saturated heterocycles. The highest BCUT2D eigenvalue weighted by molar-refractivity contribution is 5.30. The lowest BCUT2D eigenvalue weighted by molar-refractivity contribution is 0.736. The van der Waals surface area contributed by atoms with Crippen molar-refractivity contribution in [2.75, 3.05) is 24.5 Å². The molecule has 16 heavy (non-hydrogen) atoms. The van der Waals surface area contributed by atoms with E-state index >= 15 is 0 Å². The molecule has 0 unspecified atom stereocenters. The summed E-state index contributed by atoms with van der Waals surface area (Å²) in [6, 6.07) is 0. The van der Waals surface area contributed by atoms with Crippen LogP contribution in [0.25, 0.3) is 0 Å². The minimum absolute atomic E-state index is 0.605. The van der Waals surface area contributed by atoms with Gasteiger partial charge in [0.1, 0.15) is 0 Å². The van der Waals surface area contributed by atoms with Crippen LogP contribution in [-0.2, 0) is 12.8 Å². The molecule has 1 aromatic heterocycles. The van der Waals surface area contributed by atoms with E-state index in [9.17, 15) is 0 Å². The maximum absolute atomic E-state index is 5.55. The molecule has 1 rings (SSSR count). The smallest absolute Gasteiger partial charge is 0.245 e. The van der Waals surface area contributed by atoms with Crippen molar-refractivity contribution in [3.63, 3.8) is 0 Å². The third-order valence-corrected chi connectivity index (χ3v) is 2.56.